The highest BCUT2D eigenvalue weighted by Gasteiger charge is 2.20. The molecule has 0 aliphatic carbocycles. The van der Waals surface area contributed by atoms with Crippen LogP contribution >= 0.6 is 0 Å². The third kappa shape index (κ3) is 6.32. The highest BCUT2D eigenvalue weighted by Crippen LogP contribution is 2.42. The van der Waals surface area contributed by atoms with Gasteiger partial charge in [0.15, 0.2) is 23.0 Å². The van der Waals surface area contributed by atoms with Crippen molar-refractivity contribution in [1.82, 2.24) is 0 Å². The lowest BCUT2D eigenvalue weighted by atomic mass is 10.0. The lowest BCUT2D eigenvalue weighted by Gasteiger charge is -2.14. The number of ether oxygens (including phenoxy) is 6. The number of phenolic OH excluding ortho intramolecular Hbond substituents is 1. The smallest absolute Gasteiger partial charge is 0.231 e. The molecule has 0 spiro atoms. The number of hydrogen-bond donors (Lipinski definition) is 1. The summed E-state index contributed by atoms with van der Waals surface area (Å²) in [5.41, 5.74) is 4.30. The van der Waals surface area contributed by atoms with Gasteiger partial charge >= 0.3 is 0 Å². The van der Waals surface area contributed by atoms with Gasteiger partial charge in [-0.05, 0) is 96.5 Å². The van der Waals surface area contributed by atoms with Gasteiger partial charge in [-0.2, -0.15) is 0 Å². The third-order valence-electron chi connectivity index (χ3n) is 6.66. The van der Waals surface area contributed by atoms with E-state index in [0.717, 1.165) is 41.7 Å². The molecular weight excluding hydrogens is 496 g/mol. The molecule has 1 aliphatic rings. The van der Waals surface area contributed by atoms with E-state index in [1.54, 1.807) is 33.5 Å². The lowest BCUT2D eigenvalue weighted by Crippen LogP contribution is -1.97. The van der Waals surface area contributed by atoms with Gasteiger partial charge in [0.05, 0.1) is 21.3 Å². The molecule has 0 saturated heterocycles. The van der Waals surface area contributed by atoms with E-state index in [1.165, 1.54) is 5.56 Å². The molecule has 0 atom stereocenters. The van der Waals surface area contributed by atoms with E-state index in [2.05, 4.69) is 12.1 Å². The Labute approximate surface area is 228 Å². The molecule has 1 N–H and O–H groups in total. The van der Waals surface area contributed by atoms with Gasteiger partial charge in [-0.15, -0.1) is 0 Å². The fourth-order valence-corrected chi connectivity index (χ4v) is 4.66. The molecule has 4 aromatic carbocycles. The van der Waals surface area contributed by atoms with Crippen LogP contribution in [0.2, 0.25) is 0 Å². The van der Waals surface area contributed by atoms with Crippen molar-refractivity contribution < 1.29 is 33.5 Å². The summed E-state index contributed by atoms with van der Waals surface area (Å²) in [6, 6.07) is 23.2. The predicted octanol–water partition coefficient (Wildman–Crippen LogP) is 6.51. The third-order valence-corrected chi connectivity index (χ3v) is 6.66. The van der Waals surface area contributed by atoms with Crippen LogP contribution in [0.4, 0.5) is 0 Å². The number of phenols is 1. The van der Waals surface area contributed by atoms with Crippen molar-refractivity contribution in [3.8, 4) is 46.0 Å². The molecule has 0 amide bonds. The molecule has 5 rings (SSSR count). The maximum atomic E-state index is 10.4. The summed E-state index contributed by atoms with van der Waals surface area (Å²) >= 11 is 0. The molecule has 0 aromatic heterocycles. The molecule has 0 fully saturated rings. The summed E-state index contributed by atoms with van der Waals surface area (Å²) in [6.07, 6.45) is 3.10. The van der Waals surface area contributed by atoms with Crippen LogP contribution in [-0.4, -0.2) is 33.2 Å². The van der Waals surface area contributed by atoms with E-state index in [0.29, 0.717) is 40.9 Å². The van der Waals surface area contributed by atoms with E-state index in [-0.39, 0.29) is 12.5 Å². The average molecular weight is 529 g/mol. The van der Waals surface area contributed by atoms with E-state index in [4.69, 9.17) is 28.4 Å². The topological polar surface area (TPSA) is 75.6 Å². The molecule has 0 bridgehead atoms. The van der Waals surface area contributed by atoms with Crippen molar-refractivity contribution >= 4 is 0 Å². The molecule has 7 nitrogen and oxygen atoms in total. The van der Waals surface area contributed by atoms with Gasteiger partial charge < -0.3 is 33.5 Å². The zero-order valence-electron chi connectivity index (χ0n) is 22.4. The van der Waals surface area contributed by atoms with E-state index < -0.39 is 0 Å². The molecule has 0 radical (unpaired) electrons. The molecule has 1 heterocycles. The van der Waals surface area contributed by atoms with Gasteiger partial charge in [-0.1, -0.05) is 18.2 Å². The second-order valence-electron chi connectivity index (χ2n) is 9.31. The number of hydrogen-bond acceptors (Lipinski definition) is 7. The van der Waals surface area contributed by atoms with Crippen LogP contribution in [0.15, 0.2) is 72.8 Å². The number of methoxy groups -OCH3 is 3. The first-order valence-electron chi connectivity index (χ1n) is 12.8. The van der Waals surface area contributed by atoms with Crippen LogP contribution < -0.4 is 28.4 Å². The SMILES string of the molecule is COc1cccc(CCc2ccc(OC)c(Oc3cc(O)cc(CCc4cc(OC)c5c(c4)OCO5)c3)c2)c1. The molecule has 39 heavy (non-hydrogen) atoms. The van der Waals surface area contributed by atoms with Crippen LogP contribution in [-0.2, 0) is 25.7 Å². The van der Waals surface area contributed by atoms with Crippen LogP contribution in [0.1, 0.15) is 22.3 Å². The predicted molar refractivity (Wildman–Crippen MR) is 148 cm³/mol. The maximum absolute atomic E-state index is 10.4. The van der Waals surface area contributed by atoms with Crippen molar-refractivity contribution in [3.05, 3.63) is 95.1 Å². The van der Waals surface area contributed by atoms with Gasteiger partial charge in [-0.3, -0.25) is 0 Å². The zero-order chi connectivity index (χ0) is 27.2. The number of aromatic hydroxyl groups is 1. The summed E-state index contributed by atoms with van der Waals surface area (Å²) < 4.78 is 33.6. The number of rotatable bonds is 11. The van der Waals surface area contributed by atoms with Gasteiger partial charge in [0.25, 0.3) is 0 Å². The maximum Gasteiger partial charge on any atom is 0.231 e. The monoisotopic (exact) mass is 528 g/mol. The lowest BCUT2D eigenvalue weighted by molar-refractivity contribution is 0.171. The van der Waals surface area contributed by atoms with Crippen LogP contribution in [0, 0.1) is 0 Å². The zero-order valence-corrected chi connectivity index (χ0v) is 22.4. The molecule has 0 unspecified atom stereocenters. The Morgan fingerprint density at radius 3 is 2.08 bits per heavy atom. The van der Waals surface area contributed by atoms with Crippen LogP contribution in [0.5, 0.6) is 46.0 Å². The molecule has 202 valence electrons. The Morgan fingerprint density at radius 2 is 1.31 bits per heavy atom. The summed E-state index contributed by atoms with van der Waals surface area (Å²) in [7, 11) is 4.90. The Bertz CT molecular complexity index is 1450. The molecule has 4 aromatic rings. The summed E-state index contributed by atoms with van der Waals surface area (Å²) in [5.74, 6) is 4.71. The summed E-state index contributed by atoms with van der Waals surface area (Å²) in [6.45, 7) is 0.189. The standard InChI is InChI=1S/C32H32O7/c1-34-26-6-4-5-21(14-26)7-8-22-11-12-28(35-2)29(16-22)39-27-15-23(13-25(33)19-27)9-10-24-17-30(36-3)32-31(18-24)37-20-38-32/h4-6,11-19,33H,7-10,20H2,1-3H3. The fraction of sp³-hybridized carbons (Fsp3) is 0.250. The number of aryl methyl sites for hydroxylation is 4. The normalized spacial score (nSPS) is 11.8. The Morgan fingerprint density at radius 1 is 0.615 bits per heavy atom. The summed E-state index contributed by atoms with van der Waals surface area (Å²) in [4.78, 5) is 0. The Kier molecular flexibility index (Phi) is 7.96. The Hall–Kier alpha value is -4.52. The molecule has 7 heteroatoms. The highest BCUT2D eigenvalue weighted by molar-refractivity contribution is 5.55. The highest BCUT2D eigenvalue weighted by atomic mass is 16.7. The minimum atomic E-state index is 0.138. The summed E-state index contributed by atoms with van der Waals surface area (Å²) in [5, 5.41) is 10.4. The molecular formula is C32H32O7. The van der Waals surface area contributed by atoms with Crippen LogP contribution in [0.3, 0.4) is 0 Å². The van der Waals surface area contributed by atoms with Crippen molar-refractivity contribution in [2.45, 2.75) is 25.7 Å². The fourth-order valence-electron chi connectivity index (χ4n) is 4.66. The minimum absolute atomic E-state index is 0.138. The minimum Gasteiger partial charge on any atom is -0.508 e. The van der Waals surface area contributed by atoms with Crippen molar-refractivity contribution in [2.24, 2.45) is 0 Å². The van der Waals surface area contributed by atoms with Gasteiger partial charge in [0.1, 0.15) is 17.2 Å². The first kappa shape index (κ1) is 26.1. The van der Waals surface area contributed by atoms with Crippen molar-refractivity contribution in [1.29, 1.82) is 0 Å². The van der Waals surface area contributed by atoms with Gasteiger partial charge in [-0.25, -0.2) is 0 Å². The van der Waals surface area contributed by atoms with E-state index in [9.17, 15) is 5.11 Å². The Balaban J connectivity index is 1.29. The van der Waals surface area contributed by atoms with Gasteiger partial charge in [0, 0.05) is 6.07 Å². The van der Waals surface area contributed by atoms with Crippen molar-refractivity contribution in [2.75, 3.05) is 28.1 Å². The number of benzene rings is 4. The van der Waals surface area contributed by atoms with Crippen molar-refractivity contribution in [3.63, 3.8) is 0 Å². The largest absolute Gasteiger partial charge is 0.508 e. The first-order chi connectivity index (χ1) is 19.0. The van der Waals surface area contributed by atoms with Gasteiger partial charge in [0.2, 0.25) is 12.5 Å². The van der Waals surface area contributed by atoms with E-state index >= 15 is 0 Å². The average Bonchev–Trinajstić information content (AvgIpc) is 3.43. The van der Waals surface area contributed by atoms with Crippen LogP contribution in [0.25, 0.3) is 0 Å². The quantitative estimate of drug-likeness (QED) is 0.238. The molecule has 1 aliphatic heterocycles. The molecule has 0 saturated carbocycles. The number of fused-ring (bicyclic) bond motifs is 1. The second-order valence-corrected chi connectivity index (χ2v) is 9.31. The second kappa shape index (κ2) is 11.9. The van der Waals surface area contributed by atoms with E-state index in [1.807, 2.05) is 48.5 Å². The first-order valence-corrected chi connectivity index (χ1v) is 12.8.